The van der Waals surface area contributed by atoms with E-state index in [0.717, 1.165) is 10.5 Å². The first-order valence-corrected chi connectivity index (χ1v) is 17.2. The molecule has 0 spiro atoms. The average Bonchev–Trinajstić information content (AvgIpc) is 3.48. The van der Waals surface area contributed by atoms with Gasteiger partial charge >= 0.3 is 12.2 Å². The van der Waals surface area contributed by atoms with E-state index in [9.17, 15) is 29.4 Å². The number of carboxylic acid groups (broad SMARTS) is 1. The number of nitrogens with zero attached hydrogens (tertiary/aromatic N) is 4. The van der Waals surface area contributed by atoms with Crippen molar-refractivity contribution in [3.63, 3.8) is 0 Å². The van der Waals surface area contributed by atoms with Crippen LogP contribution in [0.15, 0.2) is 42.0 Å². The van der Waals surface area contributed by atoms with Gasteiger partial charge in [0.15, 0.2) is 0 Å². The number of aliphatic hydroxyl groups is 1. The van der Waals surface area contributed by atoms with Crippen LogP contribution in [-0.2, 0) is 27.3 Å². The predicted molar refractivity (Wildman–Crippen MR) is 183 cm³/mol. The molecule has 0 radical (unpaired) electrons. The lowest BCUT2D eigenvalue weighted by molar-refractivity contribution is -0.132. The Morgan fingerprint density at radius 2 is 1.75 bits per heavy atom. The minimum absolute atomic E-state index is 0.00529. The van der Waals surface area contributed by atoms with Crippen LogP contribution in [0.25, 0.3) is 0 Å². The third-order valence-electron chi connectivity index (χ3n) is 7.75. The molecule has 0 saturated carbocycles. The van der Waals surface area contributed by atoms with Crippen molar-refractivity contribution in [1.82, 2.24) is 30.3 Å². The van der Waals surface area contributed by atoms with Crippen molar-refractivity contribution >= 4 is 35.3 Å². The summed E-state index contributed by atoms with van der Waals surface area (Å²) in [7, 11) is 0. The number of ether oxygens (including phenoxy) is 1. The number of β-amino-alcohol motifs (C(OH)–C–C–N with tert-alkyl or cyclic N) is 1. The van der Waals surface area contributed by atoms with Crippen molar-refractivity contribution < 1.29 is 34.1 Å². The molecule has 13 nitrogen and oxygen atoms in total. The number of nitrogens with one attached hydrogen (secondary N) is 2. The molecule has 14 heteroatoms. The molecule has 0 unspecified atom stereocenters. The Balaban J connectivity index is 1.88. The second-order valence-corrected chi connectivity index (χ2v) is 15.6. The molecular formula is C34H52N6O7S. The van der Waals surface area contributed by atoms with Gasteiger partial charge in [0.1, 0.15) is 17.7 Å². The Kier molecular flexibility index (Phi) is 13.4. The molecule has 266 valence electrons. The number of hydrogen-bond donors (Lipinski definition) is 4. The van der Waals surface area contributed by atoms with Gasteiger partial charge in [-0.15, -0.1) is 11.3 Å². The number of rotatable bonds is 12. The third kappa shape index (κ3) is 11.7. The molecule has 1 aromatic heterocycles. The summed E-state index contributed by atoms with van der Waals surface area (Å²) in [5.74, 6) is -1.21. The van der Waals surface area contributed by atoms with E-state index in [-0.39, 0.29) is 51.0 Å². The van der Waals surface area contributed by atoms with E-state index in [1.807, 2.05) is 56.0 Å². The SMILES string of the molecule is CC(C)[C@@H](C(=O)N[C@@H](Cc1ccccc1)[C@H](O)CN1CCN(C(=O)OC(C)(C)C)C[C@H]1C(=O)NC(C)(C)C)N(Cc1cncs1)C(=O)O. The Morgan fingerprint density at radius 3 is 2.29 bits per heavy atom. The summed E-state index contributed by atoms with van der Waals surface area (Å²) in [6.45, 7) is 15.1. The molecule has 1 aliphatic heterocycles. The van der Waals surface area contributed by atoms with E-state index < -0.39 is 53.5 Å². The molecule has 0 aliphatic carbocycles. The highest BCUT2D eigenvalue weighted by Gasteiger charge is 2.40. The molecule has 48 heavy (non-hydrogen) atoms. The van der Waals surface area contributed by atoms with Crippen LogP contribution < -0.4 is 10.6 Å². The van der Waals surface area contributed by atoms with Crippen molar-refractivity contribution in [2.45, 2.75) is 104 Å². The second-order valence-electron chi connectivity index (χ2n) is 14.6. The standard InChI is InChI=1S/C34H52N6O7S/c1-22(2)28(40(31(44)45)18-24-17-35-21-48-24)30(43)36-25(16-23-12-10-9-11-13-23)27(41)20-38-14-15-39(32(46)47-34(6,7)8)19-26(38)29(42)37-33(3,4)5/h9-13,17,21-22,25-28,41H,14-16,18-20H2,1-8H3,(H,36,43)(H,37,42)(H,44,45)/t25-,26-,27+,28-/m0/s1. The summed E-state index contributed by atoms with van der Waals surface area (Å²) in [5.41, 5.74) is 1.22. The van der Waals surface area contributed by atoms with Gasteiger partial charge in [-0.05, 0) is 59.4 Å². The molecule has 4 atom stereocenters. The number of aromatic nitrogens is 1. The maximum atomic E-state index is 13.9. The summed E-state index contributed by atoms with van der Waals surface area (Å²) < 4.78 is 5.57. The number of thiazole rings is 1. The van der Waals surface area contributed by atoms with E-state index in [1.165, 1.54) is 16.2 Å². The fourth-order valence-electron chi connectivity index (χ4n) is 5.60. The molecule has 1 saturated heterocycles. The number of aliphatic hydroxyl groups excluding tert-OH is 1. The van der Waals surface area contributed by atoms with E-state index in [0.29, 0.717) is 4.88 Å². The predicted octanol–water partition coefficient (Wildman–Crippen LogP) is 3.57. The van der Waals surface area contributed by atoms with E-state index in [4.69, 9.17) is 4.74 Å². The van der Waals surface area contributed by atoms with E-state index in [1.54, 1.807) is 46.3 Å². The zero-order chi connectivity index (χ0) is 35.8. The quantitative estimate of drug-likeness (QED) is 0.261. The average molecular weight is 689 g/mol. The summed E-state index contributed by atoms with van der Waals surface area (Å²) >= 11 is 1.30. The Labute approximate surface area is 287 Å². The van der Waals surface area contributed by atoms with Gasteiger partial charge in [0, 0.05) is 42.8 Å². The van der Waals surface area contributed by atoms with Crippen LogP contribution in [0.1, 0.15) is 65.8 Å². The first-order chi connectivity index (χ1) is 22.3. The molecule has 3 rings (SSSR count). The van der Waals surface area contributed by atoms with Gasteiger partial charge in [-0.2, -0.15) is 0 Å². The van der Waals surface area contributed by atoms with Crippen LogP contribution in [-0.4, -0.2) is 115 Å². The third-order valence-corrected chi connectivity index (χ3v) is 8.51. The zero-order valence-electron chi connectivity index (χ0n) is 29.3. The molecule has 4 amide bonds. The number of benzene rings is 1. The van der Waals surface area contributed by atoms with Crippen LogP contribution in [0, 0.1) is 5.92 Å². The number of hydrogen-bond acceptors (Lipinski definition) is 9. The summed E-state index contributed by atoms with van der Waals surface area (Å²) in [6.07, 6.45) is -1.08. The Hall–Kier alpha value is -3.75. The van der Waals surface area contributed by atoms with Crippen molar-refractivity contribution in [2.24, 2.45) is 5.92 Å². The van der Waals surface area contributed by atoms with Gasteiger partial charge in [-0.1, -0.05) is 44.2 Å². The van der Waals surface area contributed by atoms with Gasteiger partial charge in [-0.25, -0.2) is 9.59 Å². The summed E-state index contributed by atoms with van der Waals surface area (Å²) in [6, 6.07) is 6.71. The number of amides is 4. The minimum atomic E-state index is -1.24. The van der Waals surface area contributed by atoms with Crippen molar-refractivity contribution in [3.05, 3.63) is 52.5 Å². The van der Waals surface area contributed by atoms with E-state index >= 15 is 0 Å². The van der Waals surface area contributed by atoms with Crippen LogP contribution in [0.3, 0.4) is 0 Å². The first kappa shape index (κ1) is 38.7. The number of piperazine rings is 1. The molecule has 2 heterocycles. The molecule has 1 fully saturated rings. The Bertz CT molecular complexity index is 1360. The van der Waals surface area contributed by atoms with E-state index in [2.05, 4.69) is 15.6 Å². The fraction of sp³-hybridized carbons (Fsp3) is 0.618. The van der Waals surface area contributed by atoms with Crippen LogP contribution in [0.5, 0.6) is 0 Å². The largest absolute Gasteiger partial charge is 0.465 e. The lowest BCUT2D eigenvalue weighted by Gasteiger charge is -2.43. The lowest BCUT2D eigenvalue weighted by Crippen LogP contribution is -2.64. The molecule has 4 N–H and O–H groups in total. The van der Waals surface area contributed by atoms with Gasteiger partial charge < -0.3 is 30.5 Å². The first-order valence-electron chi connectivity index (χ1n) is 16.3. The number of carbonyl (C=O) groups is 4. The van der Waals surface area contributed by atoms with Gasteiger partial charge in [0.2, 0.25) is 11.8 Å². The van der Waals surface area contributed by atoms with Crippen molar-refractivity contribution in [2.75, 3.05) is 26.2 Å². The summed E-state index contributed by atoms with van der Waals surface area (Å²) in [4.78, 5) is 62.0. The Morgan fingerprint density at radius 1 is 1.08 bits per heavy atom. The maximum absolute atomic E-state index is 13.9. The highest BCUT2D eigenvalue weighted by molar-refractivity contribution is 7.09. The second kappa shape index (κ2) is 16.6. The lowest BCUT2D eigenvalue weighted by atomic mass is 9.97. The van der Waals surface area contributed by atoms with Crippen LogP contribution >= 0.6 is 11.3 Å². The highest BCUT2D eigenvalue weighted by Crippen LogP contribution is 2.21. The molecule has 1 aliphatic rings. The zero-order valence-corrected chi connectivity index (χ0v) is 30.1. The molecule has 1 aromatic carbocycles. The topological polar surface area (TPSA) is 165 Å². The van der Waals surface area contributed by atoms with Crippen molar-refractivity contribution in [1.29, 1.82) is 0 Å². The highest BCUT2D eigenvalue weighted by atomic mass is 32.1. The van der Waals surface area contributed by atoms with Gasteiger partial charge in [-0.3, -0.25) is 24.4 Å². The number of carbonyl (C=O) groups excluding carboxylic acids is 3. The minimum Gasteiger partial charge on any atom is -0.465 e. The normalized spacial score (nSPS) is 17.7. The fourth-order valence-corrected chi connectivity index (χ4v) is 6.19. The van der Waals surface area contributed by atoms with Crippen LogP contribution in [0.4, 0.5) is 9.59 Å². The summed E-state index contributed by atoms with van der Waals surface area (Å²) in [5, 5.41) is 27.9. The van der Waals surface area contributed by atoms with Gasteiger partial charge in [0.05, 0.1) is 24.2 Å². The molecule has 2 aromatic rings. The van der Waals surface area contributed by atoms with Crippen LogP contribution in [0.2, 0.25) is 0 Å². The van der Waals surface area contributed by atoms with Crippen molar-refractivity contribution in [3.8, 4) is 0 Å². The maximum Gasteiger partial charge on any atom is 0.410 e. The molecular weight excluding hydrogens is 636 g/mol. The monoisotopic (exact) mass is 688 g/mol. The molecule has 0 bridgehead atoms. The smallest absolute Gasteiger partial charge is 0.410 e. The van der Waals surface area contributed by atoms with Gasteiger partial charge in [0.25, 0.3) is 0 Å².